The second-order valence-corrected chi connectivity index (χ2v) is 4.94. The van der Waals surface area contributed by atoms with Crippen molar-refractivity contribution in [1.82, 2.24) is 4.98 Å². The number of benzene rings is 1. The molecule has 0 aliphatic carbocycles. The quantitative estimate of drug-likeness (QED) is 0.879. The Kier molecular flexibility index (Phi) is 4.93. The number of methoxy groups -OCH3 is 1. The lowest BCUT2D eigenvalue weighted by molar-refractivity contribution is 0.182. The fourth-order valence-electron chi connectivity index (χ4n) is 2.60. The first-order chi connectivity index (χ1) is 9.71. The fourth-order valence-corrected chi connectivity index (χ4v) is 2.60. The Morgan fingerprint density at radius 1 is 1.35 bits per heavy atom. The molecule has 0 bridgehead atoms. The summed E-state index contributed by atoms with van der Waals surface area (Å²) in [6, 6.07) is 10.6. The molecule has 1 heterocycles. The van der Waals surface area contributed by atoms with Crippen LogP contribution in [0, 0.1) is 0 Å². The molecule has 2 aromatic rings. The van der Waals surface area contributed by atoms with E-state index < -0.39 is 0 Å². The summed E-state index contributed by atoms with van der Waals surface area (Å²) >= 11 is 0. The molecule has 0 spiro atoms. The summed E-state index contributed by atoms with van der Waals surface area (Å²) in [4.78, 5) is 6.93. The molecular formula is C16H23N3O. The van der Waals surface area contributed by atoms with Crippen LogP contribution in [-0.4, -0.2) is 31.3 Å². The van der Waals surface area contributed by atoms with Crippen molar-refractivity contribution < 1.29 is 4.74 Å². The first kappa shape index (κ1) is 14.8. The third kappa shape index (κ3) is 2.92. The van der Waals surface area contributed by atoms with E-state index in [1.54, 1.807) is 7.11 Å². The first-order valence-electron chi connectivity index (χ1n) is 7.05. The minimum atomic E-state index is 0.307. The molecule has 0 saturated heterocycles. The number of hydrogen-bond acceptors (Lipinski definition) is 4. The molecule has 1 atom stereocenters. The monoisotopic (exact) mass is 273 g/mol. The lowest BCUT2D eigenvalue weighted by Crippen LogP contribution is -2.36. The zero-order chi connectivity index (χ0) is 14.5. The number of likely N-dealkylation sites (N-methyl/N-ethyl adjacent to an activating group) is 1. The van der Waals surface area contributed by atoms with E-state index >= 15 is 0 Å². The van der Waals surface area contributed by atoms with Crippen LogP contribution in [0.15, 0.2) is 30.3 Å². The maximum Gasteiger partial charge on any atom is 0.0726 e. The van der Waals surface area contributed by atoms with Crippen molar-refractivity contribution in [1.29, 1.82) is 0 Å². The summed E-state index contributed by atoms with van der Waals surface area (Å²) in [6.07, 6.45) is 0. The highest BCUT2D eigenvalue weighted by Crippen LogP contribution is 2.28. The highest BCUT2D eigenvalue weighted by molar-refractivity contribution is 5.92. The van der Waals surface area contributed by atoms with Crippen molar-refractivity contribution in [3.63, 3.8) is 0 Å². The number of aromatic nitrogens is 1. The van der Waals surface area contributed by atoms with Crippen molar-refractivity contribution in [2.24, 2.45) is 5.73 Å². The van der Waals surface area contributed by atoms with E-state index in [1.807, 2.05) is 18.2 Å². The van der Waals surface area contributed by atoms with E-state index in [0.717, 1.165) is 23.1 Å². The molecule has 1 aromatic heterocycles. The number of rotatable bonds is 6. The molecule has 2 rings (SSSR count). The third-order valence-electron chi connectivity index (χ3n) is 3.55. The molecule has 0 radical (unpaired) electrons. The van der Waals surface area contributed by atoms with Gasteiger partial charge in [-0.2, -0.15) is 0 Å². The van der Waals surface area contributed by atoms with Crippen LogP contribution in [0.25, 0.3) is 10.9 Å². The number of ether oxygens (including phenoxy) is 1. The number of fused-ring (bicyclic) bond motifs is 1. The van der Waals surface area contributed by atoms with E-state index in [4.69, 9.17) is 10.5 Å². The number of anilines is 1. The number of nitrogens with zero attached hydrogens (tertiary/aromatic N) is 2. The summed E-state index contributed by atoms with van der Waals surface area (Å²) in [7, 11) is 1.74. The molecule has 20 heavy (non-hydrogen) atoms. The minimum absolute atomic E-state index is 0.307. The van der Waals surface area contributed by atoms with Crippen molar-refractivity contribution >= 4 is 16.6 Å². The molecule has 0 saturated carbocycles. The molecule has 108 valence electrons. The number of hydrogen-bond donors (Lipinski definition) is 1. The van der Waals surface area contributed by atoms with Gasteiger partial charge >= 0.3 is 0 Å². The average molecular weight is 273 g/mol. The fraction of sp³-hybridized carbons (Fsp3) is 0.438. The van der Waals surface area contributed by atoms with E-state index in [0.29, 0.717) is 19.2 Å². The molecule has 1 unspecified atom stereocenters. The predicted octanol–water partition coefficient (Wildman–Crippen LogP) is 2.55. The van der Waals surface area contributed by atoms with Gasteiger partial charge in [0.05, 0.1) is 17.8 Å². The van der Waals surface area contributed by atoms with Crippen LogP contribution in [0.5, 0.6) is 0 Å². The van der Waals surface area contributed by atoms with Gasteiger partial charge in [-0.1, -0.05) is 18.2 Å². The SMILES string of the molecule is CCN(c1cc(CN)nc2ccccc12)C(C)COC. The Balaban J connectivity index is 2.55. The zero-order valence-electron chi connectivity index (χ0n) is 12.5. The normalized spacial score (nSPS) is 12.6. The van der Waals surface area contributed by atoms with E-state index in [2.05, 4.69) is 35.9 Å². The van der Waals surface area contributed by atoms with Crippen molar-refractivity contribution in [3.8, 4) is 0 Å². The van der Waals surface area contributed by atoms with Crippen LogP contribution in [-0.2, 0) is 11.3 Å². The van der Waals surface area contributed by atoms with Gasteiger partial charge in [-0.15, -0.1) is 0 Å². The largest absolute Gasteiger partial charge is 0.383 e. The molecule has 4 heteroatoms. The molecular weight excluding hydrogens is 250 g/mol. The number of nitrogens with two attached hydrogens (primary N) is 1. The first-order valence-corrected chi connectivity index (χ1v) is 7.05. The summed E-state index contributed by atoms with van der Waals surface area (Å²) < 4.78 is 5.29. The van der Waals surface area contributed by atoms with Gasteiger partial charge in [0.1, 0.15) is 0 Å². The second-order valence-electron chi connectivity index (χ2n) is 4.94. The van der Waals surface area contributed by atoms with Gasteiger partial charge in [-0.05, 0) is 26.0 Å². The Morgan fingerprint density at radius 3 is 2.75 bits per heavy atom. The van der Waals surface area contributed by atoms with E-state index in [9.17, 15) is 0 Å². The summed E-state index contributed by atoms with van der Waals surface area (Å²) in [5.74, 6) is 0. The molecule has 0 aliphatic heterocycles. The predicted molar refractivity (Wildman–Crippen MR) is 84.0 cm³/mol. The Bertz CT molecular complexity index is 571. The highest BCUT2D eigenvalue weighted by atomic mass is 16.5. The standard InChI is InChI=1S/C16H23N3O/c1-4-19(12(2)11-20-3)16-9-13(10-17)18-15-8-6-5-7-14(15)16/h5-9,12H,4,10-11,17H2,1-3H3. The molecule has 1 aromatic carbocycles. The number of pyridine rings is 1. The van der Waals surface area contributed by atoms with Crippen LogP contribution in [0.4, 0.5) is 5.69 Å². The Labute approximate surface area is 120 Å². The molecule has 0 amide bonds. The van der Waals surface area contributed by atoms with Crippen molar-refractivity contribution in [3.05, 3.63) is 36.0 Å². The van der Waals surface area contributed by atoms with Gasteiger partial charge < -0.3 is 15.4 Å². The van der Waals surface area contributed by atoms with Crippen LogP contribution in [0.3, 0.4) is 0 Å². The smallest absolute Gasteiger partial charge is 0.0726 e. The second kappa shape index (κ2) is 6.68. The number of para-hydroxylation sites is 1. The highest BCUT2D eigenvalue weighted by Gasteiger charge is 2.16. The summed E-state index contributed by atoms with van der Waals surface area (Å²) in [6.45, 7) is 6.40. The average Bonchev–Trinajstić information content (AvgIpc) is 2.48. The van der Waals surface area contributed by atoms with Crippen molar-refractivity contribution in [2.45, 2.75) is 26.4 Å². The molecule has 2 N–H and O–H groups in total. The van der Waals surface area contributed by atoms with Gasteiger partial charge in [-0.3, -0.25) is 4.98 Å². The van der Waals surface area contributed by atoms with Crippen molar-refractivity contribution in [2.75, 3.05) is 25.2 Å². The van der Waals surface area contributed by atoms with Gasteiger partial charge in [-0.25, -0.2) is 0 Å². The van der Waals surface area contributed by atoms with E-state index in [-0.39, 0.29) is 0 Å². The van der Waals surface area contributed by atoms with Crippen LogP contribution < -0.4 is 10.6 Å². The summed E-state index contributed by atoms with van der Waals surface area (Å²) in [5, 5.41) is 1.16. The molecule has 4 nitrogen and oxygen atoms in total. The Hall–Kier alpha value is -1.65. The molecule has 0 aliphatic rings. The topological polar surface area (TPSA) is 51.4 Å². The van der Waals surface area contributed by atoms with Gasteiger partial charge in [0.25, 0.3) is 0 Å². The van der Waals surface area contributed by atoms with Crippen LogP contribution >= 0.6 is 0 Å². The maximum absolute atomic E-state index is 5.78. The Morgan fingerprint density at radius 2 is 2.10 bits per heavy atom. The third-order valence-corrected chi connectivity index (χ3v) is 3.55. The van der Waals surface area contributed by atoms with E-state index in [1.165, 1.54) is 5.69 Å². The lowest BCUT2D eigenvalue weighted by atomic mass is 10.1. The van der Waals surface area contributed by atoms with Crippen LogP contribution in [0.1, 0.15) is 19.5 Å². The molecule has 0 fully saturated rings. The van der Waals surface area contributed by atoms with Gasteiger partial charge in [0, 0.05) is 37.3 Å². The maximum atomic E-state index is 5.78. The van der Waals surface area contributed by atoms with Gasteiger partial charge in [0.15, 0.2) is 0 Å². The summed E-state index contributed by atoms with van der Waals surface area (Å²) in [5.41, 5.74) is 8.88. The minimum Gasteiger partial charge on any atom is -0.383 e. The van der Waals surface area contributed by atoms with Crippen LogP contribution in [0.2, 0.25) is 0 Å². The van der Waals surface area contributed by atoms with Gasteiger partial charge in [0.2, 0.25) is 0 Å². The zero-order valence-corrected chi connectivity index (χ0v) is 12.5. The lowest BCUT2D eigenvalue weighted by Gasteiger charge is -2.31.